The predicted molar refractivity (Wildman–Crippen MR) is 104 cm³/mol. The summed E-state index contributed by atoms with van der Waals surface area (Å²) in [5.74, 6) is 0.950. The van der Waals surface area contributed by atoms with Crippen molar-refractivity contribution in [2.24, 2.45) is 0 Å². The maximum absolute atomic E-state index is 12.4. The van der Waals surface area contributed by atoms with E-state index in [4.69, 9.17) is 23.7 Å². The first-order valence-corrected chi connectivity index (χ1v) is 9.29. The van der Waals surface area contributed by atoms with Crippen LogP contribution in [0.1, 0.15) is 16.7 Å². The van der Waals surface area contributed by atoms with Crippen LogP contribution in [0.5, 0.6) is 17.2 Å². The van der Waals surface area contributed by atoms with Crippen molar-refractivity contribution in [3.8, 4) is 17.2 Å². The van der Waals surface area contributed by atoms with Crippen molar-refractivity contribution in [1.29, 1.82) is 0 Å². The molecule has 0 radical (unpaired) electrons. The Morgan fingerprint density at radius 1 is 1.17 bits per heavy atom. The Balaban J connectivity index is 1.75. The number of carbonyl (C=O) groups excluding carboxylic acids is 1. The normalized spacial score (nSPS) is 12.5. The summed E-state index contributed by atoms with van der Waals surface area (Å²) < 4.78 is 27.1. The standard InChI is InChI=1S/C19H18BrNO8/c1-25-16-5-11(15(20)7-17(16)26-2)6-18(22)28-9-13-4-14(21(23)24)3-12-8-27-10-29-19(12)13/h3-5,7H,6,8-10H2,1-2H3. The van der Waals surface area contributed by atoms with Crippen LogP contribution >= 0.6 is 15.9 Å². The molecule has 1 heterocycles. The summed E-state index contributed by atoms with van der Waals surface area (Å²) in [6.45, 7) is 0.0641. The van der Waals surface area contributed by atoms with Crippen LogP contribution in [-0.4, -0.2) is 31.9 Å². The fraction of sp³-hybridized carbons (Fsp3) is 0.316. The van der Waals surface area contributed by atoms with Gasteiger partial charge in [0.15, 0.2) is 18.3 Å². The Kier molecular flexibility index (Phi) is 6.55. The van der Waals surface area contributed by atoms with Gasteiger partial charge in [0, 0.05) is 27.7 Å². The van der Waals surface area contributed by atoms with Crippen molar-refractivity contribution < 1.29 is 33.4 Å². The minimum absolute atomic E-state index is 0.0258. The van der Waals surface area contributed by atoms with Gasteiger partial charge < -0.3 is 23.7 Å². The van der Waals surface area contributed by atoms with Crippen LogP contribution in [-0.2, 0) is 33.9 Å². The van der Waals surface area contributed by atoms with E-state index in [0.29, 0.717) is 38.4 Å². The van der Waals surface area contributed by atoms with Gasteiger partial charge in [-0.15, -0.1) is 0 Å². The molecule has 0 saturated carbocycles. The largest absolute Gasteiger partial charge is 0.493 e. The van der Waals surface area contributed by atoms with Gasteiger partial charge in [-0.05, 0) is 17.7 Å². The second-order valence-corrected chi connectivity index (χ2v) is 6.95. The van der Waals surface area contributed by atoms with Crippen molar-refractivity contribution in [1.82, 2.24) is 0 Å². The van der Waals surface area contributed by atoms with Gasteiger partial charge in [0.1, 0.15) is 12.4 Å². The number of halogens is 1. The second-order valence-electron chi connectivity index (χ2n) is 6.10. The molecule has 0 aromatic heterocycles. The molecule has 9 nitrogen and oxygen atoms in total. The fourth-order valence-electron chi connectivity index (χ4n) is 2.89. The van der Waals surface area contributed by atoms with Crippen molar-refractivity contribution in [3.05, 3.63) is 55.5 Å². The topological polar surface area (TPSA) is 106 Å². The van der Waals surface area contributed by atoms with Crippen LogP contribution in [0.3, 0.4) is 0 Å². The molecule has 0 N–H and O–H groups in total. The highest BCUT2D eigenvalue weighted by Gasteiger charge is 2.22. The Hall–Kier alpha value is -2.85. The van der Waals surface area contributed by atoms with E-state index in [1.807, 2.05) is 0 Å². The first kappa shape index (κ1) is 20.9. The molecule has 0 atom stereocenters. The molecule has 0 amide bonds. The molecule has 0 bridgehead atoms. The van der Waals surface area contributed by atoms with E-state index in [-0.39, 0.29) is 32.1 Å². The highest BCUT2D eigenvalue weighted by atomic mass is 79.9. The molecular formula is C19H18BrNO8. The number of nitrogens with zero attached hydrogens (tertiary/aromatic N) is 1. The van der Waals surface area contributed by atoms with Crippen LogP contribution < -0.4 is 14.2 Å². The average Bonchev–Trinajstić information content (AvgIpc) is 2.72. The number of carbonyl (C=O) groups is 1. The summed E-state index contributed by atoms with van der Waals surface area (Å²) in [5.41, 5.74) is 1.49. The first-order chi connectivity index (χ1) is 13.9. The molecule has 0 aliphatic carbocycles. The number of hydrogen-bond acceptors (Lipinski definition) is 8. The second kappa shape index (κ2) is 9.10. The monoisotopic (exact) mass is 467 g/mol. The quantitative estimate of drug-likeness (QED) is 0.345. The summed E-state index contributed by atoms with van der Waals surface area (Å²) in [4.78, 5) is 23.0. The SMILES string of the molecule is COc1cc(Br)c(CC(=O)OCc2cc([N+](=O)[O-])cc3c2OCOC3)cc1OC. The van der Waals surface area contributed by atoms with E-state index in [2.05, 4.69) is 15.9 Å². The van der Waals surface area contributed by atoms with Crippen LogP contribution in [0.4, 0.5) is 5.69 Å². The van der Waals surface area contributed by atoms with Gasteiger partial charge >= 0.3 is 5.97 Å². The maximum Gasteiger partial charge on any atom is 0.310 e. The number of nitro benzene ring substituents is 1. The average molecular weight is 468 g/mol. The van der Waals surface area contributed by atoms with Crippen molar-refractivity contribution in [2.45, 2.75) is 19.6 Å². The zero-order chi connectivity index (χ0) is 21.0. The number of hydrogen-bond donors (Lipinski definition) is 0. The van der Waals surface area contributed by atoms with E-state index in [9.17, 15) is 14.9 Å². The van der Waals surface area contributed by atoms with Gasteiger partial charge in [0.2, 0.25) is 0 Å². The van der Waals surface area contributed by atoms with E-state index < -0.39 is 10.9 Å². The zero-order valence-electron chi connectivity index (χ0n) is 15.7. The van der Waals surface area contributed by atoms with Crippen molar-refractivity contribution in [3.63, 3.8) is 0 Å². The van der Waals surface area contributed by atoms with Crippen LogP contribution in [0, 0.1) is 10.1 Å². The van der Waals surface area contributed by atoms with Gasteiger partial charge in [-0.3, -0.25) is 14.9 Å². The third-order valence-electron chi connectivity index (χ3n) is 4.26. The van der Waals surface area contributed by atoms with E-state index >= 15 is 0 Å². The summed E-state index contributed by atoms with van der Waals surface area (Å²) in [6, 6.07) is 6.11. The Bertz CT molecular complexity index is 946. The van der Waals surface area contributed by atoms with Gasteiger partial charge in [-0.1, -0.05) is 15.9 Å². The Morgan fingerprint density at radius 3 is 2.59 bits per heavy atom. The number of benzene rings is 2. The summed E-state index contributed by atoms with van der Waals surface area (Å²) in [5, 5.41) is 11.2. The molecule has 154 valence electrons. The molecule has 2 aromatic carbocycles. The minimum atomic E-state index is -0.513. The number of rotatable bonds is 7. The van der Waals surface area contributed by atoms with Crippen molar-refractivity contribution >= 4 is 27.6 Å². The first-order valence-electron chi connectivity index (χ1n) is 8.49. The third kappa shape index (κ3) is 4.77. The molecule has 0 fully saturated rings. The number of fused-ring (bicyclic) bond motifs is 1. The highest BCUT2D eigenvalue weighted by molar-refractivity contribution is 9.10. The highest BCUT2D eigenvalue weighted by Crippen LogP contribution is 2.35. The van der Waals surface area contributed by atoms with Crippen LogP contribution in [0.2, 0.25) is 0 Å². The van der Waals surface area contributed by atoms with Crippen LogP contribution in [0.25, 0.3) is 0 Å². The molecule has 1 aliphatic heterocycles. The van der Waals surface area contributed by atoms with E-state index in [1.165, 1.54) is 26.4 Å². The molecule has 0 unspecified atom stereocenters. The molecule has 3 rings (SSSR count). The number of non-ortho nitro benzene ring substituents is 1. The third-order valence-corrected chi connectivity index (χ3v) is 5.00. The number of methoxy groups -OCH3 is 2. The molecule has 0 saturated heterocycles. The summed E-state index contributed by atoms with van der Waals surface area (Å²) in [6.07, 6.45) is -0.0258. The van der Waals surface area contributed by atoms with Gasteiger partial charge in [0.25, 0.3) is 5.69 Å². The Labute approximate surface area is 174 Å². The lowest BCUT2D eigenvalue weighted by Gasteiger charge is -2.20. The van der Waals surface area contributed by atoms with E-state index in [0.717, 1.165) is 0 Å². The smallest absolute Gasteiger partial charge is 0.310 e. The number of nitro groups is 1. The maximum atomic E-state index is 12.4. The lowest BCUT2D eigenvalue weighted by atomic mass is 10.1. The number of esters is 1. The Morgan fingerprint density at radius 2 is 1.90 bits per heavy atom. The molecule has 0 spiro atoms. The molecule has 29 heavy (non-hydrogen) atoms. The van der Waals surface area contributed by atoms with Gasteiger partial charge in [-0.25, -0.2) is 0 Å². The van der Waals surface area contributed by atoms with Crippen molar-refractivity contribution in [2.75, 3.05) is 21.0 Å². The predicted octanol–water partition coefficient (Wildman–Crippen LogP) is 3.53. The molecule has 2 aromatic rings. The van der Waals surface area contributed by atoms with Gasteiger partial charge in [-0.2, -0.15) is 0 Å². The lowest BCUT2D eigenvalue weighted by Crippen LogP contribution is -2.15. The number of ether oxygens (including phenoxy) is 5. The van der Waals surface area contributed by atoms with E-state index in [1.54, 1.807) is 12.1 Å². The summed E-state index contributed by atoms with van der Waals surface area (Å²) >= 11 is 3.40. The minimum Gasteiger partial charge on any atom is -0.493 e. The lowest BCUT2D eigenvalue weighted by molar-refractivity contribution is -0.385. The molecule has 1 aliphatic rings. The zero-order valence-corrected chi connectivity index (χ0v) is 17.3. The molecular weight excluding hydrogens is 450 g/mol. The fourth-order valence-corrected chi connectivity index (χ4v) is 3.35. The van der Waals surface area contributed by atoms with Gasteiger partial charge in [0.05, 0.1) is 32.2 Å². The van der Waals surface area contributed by atoms with Crippen LogP contribution in [0.15, 0.2) is 28.7 Å². The molecule has 10 heteroatoms. The summed E-state index contributed by atoms with van der Waals surface area (Å²) in [7, 11) is 3.02.